The van der Waals surface area contributed by atoms with E-state index in [1.165, 1.54) is 31.4 Å². The molecule has 0 saturated heterocycles. The van der Waals surface area contributed by atoms with Crippen LogP contribution in [0.3, 0.4) is 0 Å². The molecule has 2 N–H and O–H groups in total. The Morgan fingerprint density at radius 1 is 0.939 bits per heavy atom. The number of anilines is 3. The molecule has 3 aromatic carbocycles. The Labute approximate surface area is 193 Å². The Balaban J connectivity index is 1.54. The highest BCUT2D eigenvalue weighted by Gasteiger charge is 2.40. The average molecular weight is 466 g/mol. The zero-order valence-electron chi connectivity index (χ0n) is 17.3. The monoisotopic (exact) mass is 465 g/mol. The van der Waals surface area contributed by atoms with Crippen molar-refractivity contribution in [3.05, 3.63) is 94.9 Å². The number of rotatable bonds is 6. The summed E-state index contributed by atoms with van der Waals surface area (Å²) < 4.78 is 19.3. The lowest BCUT2D eigenvalue weighted by atomic mass is 10.1. The molecule has 0 atom stereocenters. The van der Waals surface area contributed by atoms with Gasteiger partial charge in [-0.3, -0.25) is 14.4 Å². The number of amides is 3. The molecular weight excluding hydrogens is 449 g/mol. The smallest absolute Gasteiger partial charge is 0.283 e. The molecule has 1 heterocycles. The average Bonchev–Trinajstić information content (AvgIpc) is 3.03. The first-order chi connectivity index (χ1) is 15.9. The van der Waals surface area contributed by atoms with Gasteiger partial charge < -0.3 is 15.4 Å². The molecule has 4 rings (SSSR count). The van der Waals surface area contributed by atoms with Gasteiger partial charge in [-0.2, -0.15) is 0 Å². The lowest BCUT2D eigenvalue weighted by Gasteiger charge is -2.15. The zero-order chi connectivity index (χ0) is 23.5. The molecular formula is C24H17ClFN3O4. The van der Waals surface area contributed by atoms with E-state index in [-0.39, 0.29) is 16.4 Å². The van der Waals surface area contributed by atoms with E-state index in [2.05, 4.69) is 10.6 Å². The Kier molecular flexibility index (Phi) is 6.10. The highest BCUT2D eigenvalue weighted by atomic mass is 35.5. The number of hydrogen-bond donors (Lipinski definition) is 2. The van der Waals surface area contributed by atoms with Crippen LogP contribution in [0.5, 0.6) is 5.75 Å². The fourth-order valence-electron chi connectivity index (χ4n) is 3.25. The van der Waals surface area contributed by atoms with Gasteiger partial charge in [0.1, 0.15) is 22.3 Å². The molecule has 0 fully saturated rings. The van der Waals surface area contributed by atoms with Crippen LogP contribution < -0.4 is 20.3 Å². The van der Waals surface area contributed by atoms with Crippen LogP contribution in [0.15, 0.2) is 83.5 Å². The number of nitrogens with zero attached hydrogens (tertiary/aromatic N) is 1. The normalized spacial score (nSPS) is 13.4. The lowest BCUT2D eigenvalue weighted by Crippen LogP contribution is -2.33. The minimum absolute atomic E-state index is 0.200. The minimum atomic E-state index is -0.846. The van der Waals surface area contributed by atoms with Gasteiger partial charge in [0.05, 0.1) is 12.8 Å². The van der Waals surface area contributed by atoms with Crippen molar-refractivity contribution in [2.75, 3.05) is 22.6 Å². The van der Waals surface area contributed by atoms with E-state index in [1.807, 2.05) is 0 Å². The van der Waals surface area contributed by atoms with E-state index in [0.717, 1.165) is 6.07 Å². The number of para-hydroxylation sites is 1. The zero-order valence-corrected chi connectivity index (χ0v) is 18.0. The standard InChI is InChI=1S/C24H17ClFN3O4/c1-33-17-9-5-8-16(13-17)28-22(30)14-6-4-7-15(12-14)27-21-20(25)23(31)29(24(21)32)19-11-3-2-10-18(19)26/h2-13,27H,1H3,(H,28,30). The molecule has 0 aromatic heterocycles. The fraction of sp³-hybridized carbons (Fsp3) is 0.0417. The van der Waals surface area contributed by atoms with Gasteiger partial charge in [0.25, 0.3) is 17.7 Å². The van der Waals surface area contributed by atoms with Crippen LogP contribution in [-0.2, 0) is 9.59 Å². The van der Waals surface area contributed by atoms with Gasteiger partial charge in [0, 0.05) is 23.0 Å². The maximum absolute atomic E-state index is 14.2. The Hall–Kier alpha value is -4.17. The summed E-state index contributed by atoms with van der Waals surface area (Å²) in [5, 5.41) is 5.16. The van der Waals surface area contributed by atoms with Crippen LogP contribution in [0.4, 0.5) is 21.5 Å². The molecule has 9 heteroatoms. The largest absolute Gasteiger partial charge is 0.497 e. The van der Waals surface area contributed by atoms with Crippen molar-refractivity contribution in [2.45, 2.75) is 0 Å². The van der Waals surface area contributed by atoms with Crippen LogP contribution in [0, 0.1) is 5.82 Å². The summed E-state index contributed by atoms with van der Waals surface area (Å²) in [6, 6.07) is 18.6. The summed E-state index contributed by atoms with van der Waals surface area (Å²) in [7, 11) is 1.53. The number of carbonyl (C=O) groups is 3. The second-order valence-electron chi connectivity index (χ2n) is 6.98. The van der Waals surface area contributed by atoms with E-state index >= 15 is 0 Å². The highest BCUT2D eigenvalue weighted by molar-refractivity contribution is 6.53. The third-order valence-corrected chi connectivity index (χ3v) is 5.19. The van der Waals surface area contributed by atoms with Crippen LogP contribution in [0.1, 0.15) is 10.4 Å². The summed E-state index contributed by atoms with van der Waals surface area (Å²) in [6.07, 6.45) is 0. The Morgan fingerprint density at radius 2 is 1.67 bits per heavy atom. The summed E-state index contributed by atoms with van der Waals surface area (Å²) in [5.74, 6) is -2.19. The van der Waals surface area contributed by atoms with Crippen LogP contribution >= 0.6 is 11.6 Å². The SMILES string of the molecule is COc1cccc(NC(=O)c2cccc(NC3=C(Cl)C(=O)N(c4ccccc4F)C3=O)c2)c1. The molecule has 1 aliphatic heterocycles. The van der Waals surface area contributed by atoms with Gasteiger partial charge >= 0.3 is 0 Å². The number of halogens is 2. The Morgan fingerprint density at radius 3 is 2.42 bits per heavy atom. The van der Waals surface area contributed by atoms with Gasteiger partial charge in [-0.1, -0.05) is 35.9 Å². The molecule has 0 bridgehead atoms. The van der Waals surface area contributed by atoms with Crippen molar-refractivity contribution in [2.24, 2.45) is 0 Å². The second kappa shape index (κ2) is 9.13. The van der Waals surface area contributed by atoms with E-state index in [1.54, 1.807) is 42.5 Å². The van der Waals surface area contributed by atoms with Crippen molar-refractivity contribution < 1.29 is 23.5 Å². The number of hydrogen-bond acceptors (Lipinski definition) is 5. The second-order valence-corrected chi connectivity index (χ2v) is 7.36. The van der Waals surface area contributed by atoms with E-state index in [4.69, 9.17) is 16.3 Å². The fourth-order valence-corrected chi connectivity index (χ4v) is 3.46. The highest BCUT2D eigenvalue weighted by Crippen LogP contribution is 2.31. The van der Waals surface area contributed by atoms with Crippen molar-refractivity contribution in [3.8, 4) is 5.75 Å². The molecule has 33 heavy (non-hydrogen) atoms. The number of methoxy groups -OCH3 is 1. The molecule has 7 nitrogen and oxygen atoms in total. The first kappa shape index (κ1) is 22.0. The number of nitrogens with one attached hydrogen (secondary N) is 2. The number of carbonyl (C=O) groups excluding carboxylic acids is 3. The van der Waals surface area contributed by atoms with Gasteiger partial charge in [-0.15, -0.1) is 0 Å². The van der Waals surface area contributed by atoms with Crippen molar-refractivity contribution in [1.29, 1.82) is 0 Å². The predicted octanol–water partition coefficient (Wildman–Crippen LogP) is 4.52. The van der Waals surface area contributed by atoms with Crippen LogP contribution in [0.25, 0.3) is 0 Å². The molecule has 166 valence electrons. The van der Waals surface area contributed by atoms with E-state index < -0.39 is 23.5 Å². The summed E-state index contributed by atoms with van der Waals surface area (Å²) in [5.41, 5.74) is 0.768. The number of ether oxygens (including phenoxy) is 1. The molecule has 0 saturated carbocycles. The molecule has 0 spiro atoms. The summed E-state index contributed by atoms with van der Waals surface area (Å²) >= 11 is 6.10. The molecule has 0 aliphatic carbocycles. The van der Waals surface area contributed by atoms with E-state index in [0.29, 0.717) is 27.6 Å². The predicted molar refractivity (Wildman–Crippen MR) is 123 cm³/mol. The van der Waals surface area contributed by atoms with Crippen LogP contribution in [-0.4, -0.2) is 24.8 Å². The first-order valence-electron chi connectivity index (χ1n) is 9.74. The maximum atomic E-state index is 14.2. The number of benzene rings is 3. The lowest BCUT2D eigenvalue weighted by molar-refractivity contribution is -0.120. The van der Waals surface area contributed by atoms with Crippen LogP contribution in [0.2, 0.25) is 0 Å². The van der Waals surface area contributed by atoms with Crippen molar-refractivity contribution >= 4 is 46.4 Å². The van der Waals surface area contributed by atoms with Gasteiger partial charge in [-0.25, -0.2) is 9.29 Å². The third-order valence-electron chi connectivity index (χ3n) is 4.84. The van der Waals surface area contributed by atoms with Gasteiger partial charge in [0.15, 0.2) is 0 Å². The summed E-state index contributed by atoms with van der Waals surface area (Å²) in [4.78, 5) is 38.7. The molecule has 3 amide bonds. The van der Waals surface area contributed by atoms with Gasteiger partial charge in [0.2, 0.25) is 0 Å². The quantitative estimate of drug-likeness (QED) is 0.522. The van der Waals surface area contributed by atoms with Crippen molar-refractivity contribution in [1.82, 2.24) is 0 Å². The Bertz CT molecular complexity index is 1310. The third kappa shape index (κ3) is 4.42. The van der Waals surface area contributed by atoms with E-state index in [9.17, 15) is 18.8 Å². The number of imide groups is 1. The van der Waals surface area contributed by atoms with Crippen molar-refractivity contribution in [3.63, 3.8) is 0 Å². The minimum Gasteiger partial charge on any atom is -0.497 e. The topological polar surface area (TPSA) is 87.7 Å². The van der Waals surface area contributed by atoms with Gasteiger partial charge in [-0.05, 0) is 42.5 Å². The summed E-state index contributed by atoms with van der Waals surface area (Å²) in [6.45, 7) is 0. The molecule has 0 radical (unpaired) electrons. The molecule has 3 aromatic rings. The molecule has 1 aliphatic rings. The first-order valence-corrected chi connectivity index (χ1v) is 10.1. The maximum Gasteiger partial charge on any atom is 0.283 e. The molecule has 0 unspecified atom stereocenters.